The minimum absolute atomic E-state index is 0.0486. The highest BCUT2D eigenvalue weighted by molar-refractivity contribution is 6.30. The van der Waals surface area contributed by atoms with Crippen LogP contribution in [0, 0.1) is 0 Å². The summed E-state index contributed by atoms with van der Waals surface area (Å²) in [6, 6.07) is 34.1. The summed E-state index contributed by atoms with van der Waals surface area (Å²) in [6.07, 6.45) is 0.265. The molecule has 0 aliphatic carbocycles. The van der Waals surface area contributed by atoms with Crippen molar-refractivity contribution >= 4 is 29.1 Å². The Morgan fingerprint density at radius 1 is 0.771 bits per heavy atom. The van der Waals surface area contributed by atoms with E-state index in [0.717, 1.165) is 22.4 Å². The molecule has 4 aromatic carbocycles. The summed E-state index contributed by atoms with van der Waals surface area (Å²) in [5.74, 6) is -0.166. The van der Waals surface area contributed by atoms with Crippen molar-refractivity contribution < 1.29 is 9.59 Å². The third-order valence-electron chi connectivity index (χ3n) is 5.81. The van der Waals surface area contributed by atoms with Gasteiger partial charge in [-0.15, -0.1) is 0 Å². The Hall–Kier alpha value is -3.89. The second-order valence-corrected chi connectivity index (χ2v) is 8.86. The molecule has 0 aliphatic rings. The molecular weight excluding hydrogens is 456 g/mol. The maximum Gasteiger partial charge on any atom is 0.258 e. The highest BCUT2D eigenvalue weighted by Gasteiger charge is 2.19. The molecule has 4 aromatic rings. The van der Waals surface area contributed by atoms with Gasteiger partial charge in [0.2, 0.25) is 5.91 Å². The molecule has 0 radical (unpaired) electrons. The van der Waals surface area contributed by atoms with Crippen LogP contribution in [-0.4, -0.2) is 11.8 Å². The van der Waals surface area contributed by atoms with Gasteiger partial charge in [-0.1, -0.05) is 84.4 Å². The molecule has 176 valence electrons. The number of benzene rings is 4. The molecule has 1 N–H and O–H groups in total. The molecule has 0 saturated carbocycles. The van der Waals surface area contributed by atoms with Crippen LogP contribution in [0.2, 0.25) is 5.02 Å². The lowest BCUT2D eigenvalue weighted by Crippen LogP contribution is -2.30. The van der Waals surface area contributed by atoms with Crippen LogP contribution in [0.5, 0.6) is 0 Å². The third kappa shape index (κ3) is 6.58. The molecule has 5 heteroatoms. The maximum absolute atomic E-state index is 13.4. The number of nitrogens with one attached hydrogen (secondary N) is 1. The van der Waals surface area contributed by atoms with Crippen molar-refractivity contribution in [2.24, 2.45) is 0 Å². The van der Waals surface area contributed by atoms with E-state index in [0.29, 0.717) is 17.1 Å². The van der Waals surface area contributed by atoms with E-state index < -0.39 is 0 Å². The number of amides is 2. The van der Waals surface area contributed by atoms with Gasteiger partial charge in [-0.3, -0.25) is 9.59 Å². The summed E-state index contributed by atoms with van der Waals surface area (Å²) in [5.41, 5.74) is 4.28. The molecule has 0 saturated heterocycles. The number of anilines is 1. The van der Waals surface area contributed by atoms with Crippen LogP contribution in [0.4, 0.5) is 5.69 Å². The lowest BCUT2D eigenvalue weighted by Gasteiger charge is -2.23. The predicted octanol–water partition coefficient (Wildman–Crippen LogP) is 6.61. The Morgan fingerprint density at radius 3 is 2.00 bits per heavy atom. The summed E-state index contributed by atoms with van der Waals surface area (Å²) >= 11 is 6.01. The van der Waals surface area contributed by atoms with Crippen LogP contribution in [0.3, 0.4) is 0 Å². The Bertz CT molecular complexity index is 1260. The fourth-order valence-electron chi connectivity index (χ4n) is 3.89. The van der Waals surface area contributed by atoms with E-state index in [4.69, 9.17) is 11.6 Å². The average molecular weight is 483 g/mol. The smallest absolute Gasteiger partial charge is 0.258 e. The van der Waals surface area contributed by atoms with E-state index in [9.17, 15) is 9.59 Å². The highest BCUT2D eigenvalue weighted by Crippen LogP contribution is 2.22. The van der Waals surface area contributed by atoms with Gasteiger partial charge in [-0.05, 0) is 60.0 Å². The van der Waals surface area contributed by atoms with E-state index in [1.807, 2.05) is 91.9 Å². The fourth-order valence-corrected chi connectivity index (χ4v) is 4.02. The van der Waals surface area contributed by atoms with Gasteiger partial charge in [0.1, 0.15) is 0 Å². The fraction of sp³-hybridized carbons (Fsp3) is 0.133. The maximum atomic E-state index is 13.4. The normalized spacial score (nSPS) is 11.5. The van der Waals surface area contributed by atoms with E-state index >= 15 is 0 Å². The second-order valence-electron chi connectivity index (χ2n) is 8.43. The zero-order valence-electron chi connectivity index (χ0n) is 19.5. The number of rotatable bonds is 8. The van der Waals surface area contributed by atoms with Gasteiger partial charge in [-0.2, -0.15) is 0 Å². The first-order valence-corrected chi connectivity index (χ1v) is 11.9. The molecule has 0 spiro atoms. The zero-order valence-corrected chi connectivity index (χ0v) is 20.3. The highest BCUT2D eigenvalue weighted by atomic mass is 35.5. The number of carbonyl (C=O) groups excluding carboxylic acids is 2. The molecule has 4 rings (SSSR count). The van der Waals surface area contributed by atoms with Crippen molar-refractivity contribution in [3.8, 4) is 0 Å². The SMILES string of the molecule is CC(NC(=O)Cc1ccc(N(Cc2ccccc2)C(=O)c2ccc(Cl)cc2)cc1)c1ccccc1. The molecule has 2 amide bonds. The lowest BCUT2D eigenvalue weighted by molar-refractivity contribution is -0.121. The van der Waals surface area contributed by atoms with Gasteiger partial charge in [0.15, 0.2) is 0 Å². The molecule has 4 nitrogen and oxygen atoms in total. The topological polar surface area (TPSA) is 49.4 Å². The zero-order chi connectivity index (χ0) is 24.6. The van der Waals surface area contributed by atoms with Gasteiger partial charge < -0.3 is 10.2 Å². The number of hydrogen-bond donors (Lipinski definition) is 1. The number of nitrogens with zero attached hydrogens (tertiary/aromatic N) is 1. The molecule has 0 aromatic heterocycles. The lowest BCUT2D eigenvalue weighted by atomic mass is 10.1. The summed E-state index contributed by atoms with van der Waals surface area (Å²) in [4.78, 5) is 27.7. The van der Waals surface area contributed by atoms with Crippen LogP contribution in [0.25, 0.3) is 0 Å². The molecular formula is C30H27ClN2O2. The molecule has 0 fully saturated rings. The minimum atomic E-state index is -0.118. The van der Waals surface area contributed by atoms with Crippen molar-refractivity contribution in [1.82, 2.24) is 5.32 Å². The first kappa shape index (κ1) is 24.2. The van der Waals surface area contributed by atoms with Gasteiger partial charge >= 0.3 is 0 Å². The summed E-state index contributed by atoms with van der Waals surface area (Å²) in [6.45, 7) is 2.40. The van der Waals surface area contributed by atoms with Gasteiger partial charge in [0, 0.05) is 16.3 Å². The van der Waals surface area contributed by atoms with Crippen LogP contribution < -0.4 is 10.2 Å². The predicted molar refractivity (Wildman–Crippen MR) is 142 cm³/mol. The van der Waals surface area contributed by atoms with E-state index in [2.05, 4.69) is 5.32 Å². The monoisotopic (exact) mass is 482 g/mol. The van der Waals surface area contributed by atoms with E-state index in [1.54, 1.807) is 29.2 Å². The van der Waals surface area contributed by atoms with Crippen molar-refractivity contribution in [3.63, 3.8) is 0 Å². The number of halogens is 1. The van der Waals surface area contributed by atoms with Crippen molar-refractivity contribution in [1.29, 1.82) is 0 Å². The minimum Gasteiger partial charge on any atom is -0.349 e. The first-order valence-electron chi connectivity index (χ1n) is 11.5. The van der Waals surface area contributed by atoms with E-state index in [-0.39, 0.29) is 24.3 Å². The van der Waals surface area contributed by atoms with Crippen LogP contribution in [0.15, 0.2) is 109 Å². The molecule has 35 heavy (non-hydrogen) atoms. The first-order chi connectivity index (χ1) is 17.0. The molecule has 0 bridgehead atoms. The third-order valence-corrected chi connectivity index (χ3v) is 6.06. The average Bonchev–Trinajstić information content (AvgIpc) is 2.89. The van der Waals surface area contributed by atoms with Gasteiger partial charge in [-0.25, -0.2) is 0 Å². The molecule has 1 atom stereocenters. The summed E-state index contributed by atoms with van der Waals surface area (Å²) in [7, 11) is 0. The Labute approximate surface area is 211 Å². The Morgan fingerprint density at radius 2 is 1.37 bits per heavy atom. The number of carbonyl (C=O) groups is 2. The van der Waals surface area contributed by atoms with Crippen LogP contribution in [0.1, 0.15) is 40.0 Å². The molecule has 1 unspecified atom stereocenters. The molecule has 0 heterocycles. The van der Waals surface area contributed by atoms with Gasteiger partial charge in [0.25, 0.3) is 5.91 Å². The summed E-state index contributed by atoms with van der Waals surface area (Å²) < 4.78 is 0. The second kappa shape index (κ2) is 11.5. The van der Waals surface area contributed by atoms with Crippen molar-refractivity contribution in [2.75, 3.05) is 4.90 Å². The Balaban J connectivity index is 1.49. The van der Waals surface area contributed by atoms with Crippen molar-refractivity contribution in [3.05, 3.63) is 136 Å². The number of hydrogen-bond acceptors (Lipinski definition) is 2. The van der Waals surface area contributed by atoms with Crippen LogP contribution >= 0.6 is 11.6 Å². The standard InChI is InChI=1S/C30H27ClN2O2/c1-22(25-10-6-3-7-11-25)32-29(34)20-23-12-18-28(19-13-23)33(21-24-8-4-2-5-9-24)30(35)26-14-16-27(31)17-15-26/h2-19,22H,20-21H2,1H3,(H,32,34). The van der Waals surface area contributed by atoms with Crippen LogP contribution in [-0.2, 0) is 17.8 Å². The Kier molecular flexibility index (Phi) is 7.96. The van der Waals surface area contributed by atoms with Gasteiger partial charge in [0.05, 0.1) is 19.0 Å². The molecule has 0 aliphatic heterocycles. The van der Waals surface area contributed by atoms with Crippen molar-refractivity contribution in [2.45, 2.75) is 25.9 Å². The summed E-state index contributed by atoms with van der Waals surface area (Å²) in [5, 5.41) is 3.63. The quantitative estimate of drug-likeness (QED) is 0.307. The van der Waals surface area contributed by atoms with E-state index in [1.165, 1.54) is 0 Å². The largest absolute Gasteiger partial charge is 0.349 e.